The normalized spacial score (nSPS) is 18.3. The summed E-state index contributed by atoms with van der Waals surface area (Å²) in [7, 11) is 0. The highest BCUT2D eigenvalue weighted by Crippen LogP contribution is 2.21. The molecule has 24 heavy (non-hydrogen) atoms. The summed E-state index contributed by atoms with van der Waals surface area (Å²) in [6, 6.07) is 1.89. The highest BCUT2D eigenvalue weighted by molar-refractivity contribution is 5.76. The second-order valence-corrected chi connectivity index (χ2v) is 6.31. The number of aromatic amines is 1. The first kappa shape index (κ1) is 16.6. The van der Waals surface area contributed by atoms with Crippen molar-refractivity contribution in [3.8, 4) is 0 Å². The predicted octanol–water partition coefficient (Wildman–Crippen LogP) is 1.50. The number of morpholine rings is 1. The average molecular weight is 332 g/mol. The number of H-pyrrole nitrogens is 1. The standard InChI is InChI=1S/C16H24N6O2/c1-12(2)15-18-16(20-19-15)13-11-21(9-10-24-13)14(23)5-3-7-22-8-4-6-17-22/h4,6,8,12-13H,3,5,7,9-11H2,1-2H3,(H,18,19,20). The molecule has 0 radical (unpaired) electrons. The summed E-state index contributed by atoms with van der Waals surface area (Å²) in [5.41, 5.74) is 0. The zero-order valence-electron chi connectivity index (χ0n) is 14.2. The van der Waals surface area contributed by atoms with Gasteiger partial charge in [-0.3, -0.25) is 14.6 Å². The first-order chi connectivity index (χ1) is 11.6. The molecule has 0 aromatic carbocycles. The number of nitrogens with one attached hydrogen (secondary N) is 1. The minimum atomic E-state index is -0.228. The molecule has 1 atom stereocenters. The van der Waals surface area contributed by atoms with Gasteiger partial charge in [0.15, 0.2) is 11.6 Å². The van der Waals surface area contributed by atoms with E-state index in [0.717, 1.165) is 18.8 Å². The van der Waals surface area contributed by atoms with E-state index in [1.807, 2.05) is 35.7 Å². The van der Waals surface area contributed by atoms with Crippen LogP contribution in [0.2, 0.25) is 0 Å². The van der Waals surface area contributed by atoms with Crippen LogP contribution < -0.4 is 0 Å². The molecule has 8 heteroatoms. The molecule has 0 aliphatic carbocycles. The van der Waals surface area contributed by atoms with Crippen LogP contribution in [0.5, 0.6) is 0 Å². The Bertz CT molecular complexity index is 651. The number of carbonyl (C=O) groups is 1. The Kier molecular flexibility index (Phi) is 5.24. The lowest BCUT2D eigenvalue weighted by Crippen LogP contribution is -2.42. The topological polar surface area (TPSA) is 88.9 Å². The van der Waals surface area contributed by atoms with Gasteiger partial charge >= 0.3 is 0 Å². The van der Waals surface area contributed by atoms with Crippen LogP contribution in [0.1, 0.15) is 50.4 Å². The van der Waals surface area contributed by atoms with Crippen molar-refractivity contribution in [2.75, 3.05) is 19.7 Å². The van der Waals surface area contributed by atoms with Gasteiger partial charge in [-0.25, -0.2) is 4.98 Å². The summed E-state index contributed by atoms with van der Waals surface area (Å²) in [5, 5.41) is 11.3. The van der Waals surface area contributed by atoms with E-state index < -0.39 is 0 Å². The molecule has 3 rings (SSSR count). The maximum atomic E-state index is 12.4. The quantitative estimate of drug-likeness (QED) is 0.866. The predicted molar refractivity (Wildman–Crippen MR) is 87.2 cm³/mol. The van der Waals surface area contributed by atoms with E-state index in [0.29, 0.717) is 31.9 Å². The van der Waals surface area contributed by atoms with Crippen LogP contribution in [0.3, 0.4) is 0 Å². The molecular formula is C16H24N6O2. The van der Waals surface area contributed by atoms with Gasteiger partial charge in [0.2, 0.25) is 5.91 Å². The van der Waals surface area contributed by atoms with E-state index in [1.165, 1.54) is 0 Å². The Morgan fingerprint density at radius 1 is 1.50 bits per heavy atom. The van der Waals surface area contributed by atoms with Crippen LogP contribution in [0, 0.1) is 0 Å². The molecule has 0 bridgehead atoms. The molecular weight excluding hydrogens is 308 g/mol. The second kappa shape index (κ2) is 7.57. The Morgan fingerprint density at radius 3 is 3.08 bits per heavy atom. The van der Waals surface area contributed by atoms with Crippen molar-refractivity contribution in [3.63, 3.8) is 0 Å². The number of nitrogens with zero attached hydrogens (tertiary/aromatic N) is 5. The van der Waals surface area contributed by atoms with Crippen molar-refractivity contribution in [1.29, 1.82) is 0 Å². The summed E-state index contributed by atoms with van der Waals surface area (Å²) in [6.45, 7) is 6.52. The van der Waals surface area contributed by atoms with Gasteiger partial charge in [-0.2, -0.15) is 10.2 Å². The fourth-order valence-corrected chi connectivity index (χ4v) is 2.71. The molecule has 1 aliphatic rings. The number of amides is 1. The van der Waals surface area contributed by atoms with Crippen molar-refractivity contribution in [1.82, 2.24) is 29.9 Å². The van der Waals surface area contributed by atoms with E-state index >= 15 is 0 Å². The lowest BCUT2D eigenvalue weighted by molar-refractivity contribution is -0.139. The Hall–Kier alpha value is -2.22. The third-order valence-corrected chi connectivity index (χ3v) is 4.10. The Labute approximate surface area is 141 Å². The summed E-state index contributed by atoms with van der Waals surface area (Å²) in [6.07, 6.45) is 4.72. The number of aromatic nitrogens is 5. The van der Waals surface area contributed by atoms with E-state index in [-0.39, 0.29) is 17.9 Å². The Balaban J connectivity index is 1.51. The van der Waals surface area contributed by atoms with Gasteiger partial charge in [0.25, 0.3) is 0 Å². The first-order valence-corrected chi connectivity index (χ1v) is 8.42. The molecule has 2 aromatic heterocycles. The number of aryl methyl sites for hydroxylation is 1. The number of ether oxygens (including phenoxy) is 1. The molecule has 1 N–H and O–H groups in total. The van der Waals surface area contributed by atoms with Crippen molar-refractivity contribution in [3.05, 3.63) is 30.1 Å². The molecule has 2 aromatic rings. The molecule has 8 nitrogen and oxygen atoms in total. The van der Waals surface area contributed by atoms with Crippen LogP contribution in [-0.2, 0) is 16.1 Å². The van der Waals surface area contributed by atoms with Gasteiger partial charge in [0.05, 0.1) is 13.2 Å². The number of hydrogen-bond acceptors (Lipinski definition) is 5. The van der Waals surface area contributed by atoms with E-state index in [4.69, 9.17) is 4.74 Å². The van der Waals surface area contributed by atoms with Crippen LogP contribution in [-0.4, -0.2) is 55.5 Å². The van der Waals surface area contributed by atoms with Crippen molar-refractivity contribution < 1.29 is 9.53 Å². The van der Waals surface area contributed by atoms with Crippen LogP contribution >= 0.6 is 0 Å². The molecule has 3 heterocycles. The van der Waals surface area contributed by atoms with Crippen LogP contribution in [0.4, 0.5) is 0 Å². The second-order valence-electron chi connectivity index (χ2n) is 6.31. The lowest BCUT2D eigenvalue weighted by atomic mass is 10.2. The average Bonchev–Trinajstić information content (AvgIpc) is 3.26. The molecule has 1 fully saturated rings. The maximum Gasteiger partial charge on any atom is 0.222 e. The third kappa shape index (κ3) is 4.00. The fourth-order valence-electron chi connectivity index (χ4n) is 2.71. The van der Waals surface area contributed by atoms with Crippen LogP contribution in [0.15, 0.2) is 18.5 Å². The number of rotatable bonds is 6. The Morgan fingerprint density at radius 2 is 2.38 bits per heavy atom. The number of hydrogen-bond donors (Lipinski definition) is 1. The van der Waals surface area contributed by atoms with Crippen LogP contribution in [0.25, 0.3) is 0 Å². The molecule has 0 spiro atoms. The molecule has 130 valence electrons. The van der Waals surface area contributed by atoms with Gasteiger partial charge < -0.3 is 9.64 Å². The zero-order valence-corrected chi connectivity index (χ0v) is 14.2. The largest absolute Gasteiger partial charge is 0.367 e. The van der Waals surface area contributed by atoms with Gasteiger partial charge in [-0.1, -0.05) is 13.8 Å². The van der Waals surface area contributed by atoms with Crippen molar-refractivity contribution >= 4 is 5.91 Å². The molecule has 1 amide bonds. The molecule has 1 saturated heterocycles. The SMILES string of the molecule is CC(C)c1n[nH]c(C2CN(C(=O)CCCn3cccn3)CCO2)n1. The minimum absolute atomic E-state index is 0.152. The fraction of sp³-hybridized carbons (Fsp3) is 0.625. The monoisotopic (exact) mass is 332 g/mol. The highest BCUT2D eigenvalue weighted by atomic mass is 16.5. The lowest BCUT2D eigenvalue weighted by Gasteiger charge is -2.32. The van der Waals surface area contributed by atoms with E-state index in [9.17, 15) is 4.79 Å². The van der Waals surface area contributed by atoms with E-state index in [2.05, 4.69) is 20.3 Å². The van der Waals surface area contributed by atoms with Gasteiger partial charge in [0.1, 0.15) is 6.10 Å². The third-order valence-electron chi connectivity index (χ3n) is 4.10. The molecule has 1 unspecified atom stereocenters. The summed E-state index contributed by atoms with van der Waals surface area (Å²) >= 11 is 0. The van der Waals surface area contributed by atoms with Crippen molar-refractivity contribution in [2.45, 2.75) is 45.3 Å². The highest BCUT2D eigenvalue weighted by Gasteiger charge is 2.27. The summed E-state index contributed by atoms with van der Waals surface area (Å²) < 4.78 is 7.60. The zero-order chi connectivity index (χ0) is 16.9. The maximum absolute atomic E-state index is 12.4. The summed E-state index contributed by atoms with van der Waals surface area (Å²) in [4.78, 5) is 18.7. The van der Waals surface area contributed by atoms with E-state index in [1.54, 1.807) is 6.20 Å². The van der Waals surface area contributed by atoms with Crippen molar-refractivity contribution in [2.24, 2.45) is 0 Å². The molecule has 1 aliphatic heterocycles. The van der Waals surface area contributed by atoms with Gasteiger partial charge in [0, 0.05) is 37.8 Å². The molecule has 0 saturated carbocycles. The van der Waals surface area contributed by atoms with Gasteiger partial charge in [-0.05, 0) is 12.5 Å². The first-order valence-electron chi connectivity index (χ1n) is 8.42. The number of carbonyl (C=O) groups excluding carboxylic acids is 1. The smallest absolute Gasteiger partial charge is 0.222 e. The minimum Gasteiger partial charge on any atom is -0.367 e. The van der Waals surface area contributed by atoms with Gasteiger partial charge in [-0.15, -0.1) is 0 Å². The summed E-state index contributed by atoms with van der Waals surface area (Å²) in [5.74, 6) is 1.89.